The van der Waals surface area contributed by atoms with Gasteiger partial charge in [-0.05, 0) is 45.4 Å². The van der Waals surface area contributed by atoms with Crippen LogP contribution in [0.3, 0.4) is 0 Å². The van der Waals surface area contributed by atoms with Crippen LogP contribution in [-0.2, 0) is 11.3 Å². The van der Waals surface area contributed by atoms with E-state index in [-0.39, 0.29) is 11.2 Å². The van der Waals surface area contributed by atoms with Gasteiger partial charge in [-0.1, -0.05) is 28.1 Å². The molecule has 1 saturated heterocycles. The number of morpholine rings is 1. The summed E-state index contributed by atoms with van der Waals surface area (Å²) in [6.45, 7) is 11.6. The van der Waals surface area contributed by atoms with Gasteiger partial charge in [0.05, 0.1) is 11.2 Å². The minimum absolute atomic E-state index is 0.0756. The lowest BCUT2D eigenvalue weighted by Gasteiger charge is -2.47. The van der Waals surface area contributed by atoms with Crippen LogP contribution in [0.25, 0.3) is 0 Å². The second-order valence-electron chi connectivity index (χ2n) is 6.40. The quantitative estimate of drug-likeness (QED) is 0.823. The third-order valence-electron chi connectivity index (χ3n) is 3.06. The molecular formula is C15H22BrNO. The molecule has 0 saturated carbocycles. The minimum atomic E-state index is -0.0756. The first kappa shape index (κ1) is 14.0. The van der Waals surface area contributed by atoms with Gasteiger partial charge in [-0.15, -0.1) is 0 Å². The number of halogens is 1. The number of rotatable bonds is 2. The average molecular weight is 312 g/mol. The molecule has 0 radical (unpaired) electrons. The normalized spacial score (nSPS) is 22.9. The molecule has 1 fully saturated rings. The van der Waals surface area contributed by atoms with Crippen molar-refractivity contribution in [3.8, 4) is 0 Å². The summed E-state index contributed by atoms with van der Waals surface area (Å²) in [6, 6.07) is 8.53. The summed E-state index contributed by atoms with van der Waals surface area (Å²) < 4.78 is 7.25. The third-order valence-corrected chi connectivity index (χ3v) is 3.55. The van der Waals surface area contributed by atoms with Crippen LogP contribution < -0.4 is 0 Å². The molecule has 1 aliphatic heterocycles. The van der Waals surface area contributed by atoms with Crippen LogP contribution in [0.15, 0.2) is 28.7 Å². The number of ether oxygens (including phenoxy) is 1. The molecule has 18 heavy (non-hydrogen) atoms. The number of nitrogens with zero attached hydrogens (tertiary/aromatic N) is 1. The summed E-state index contributed by atoms with van der Waals surface area (Å²) in [5.41, 5.74) is 1.19. The smallest absolute Gasteiger partial charge is 0.0760 e. The highest BCUT2D eigenvalue weighted by atomic mass is 79.9. The van der Waals surface area contributed by atoms with Crippen LogP contribution in [0, 0.1) is 0 Å². The average Bonchev–Trinajstić information content (AvgIpc) is 2.11. The molecule has 3 heteroatoms. The minimum Gasteiger partial charge on any atom is -0.367 e. The second kappa shape index (κ2) is 4.95. The SMILES string of the molecule is CC1(C)CN(Cc2cccc(Br)c2)CC(C)(C)O1. The first-order valence-corrected chi connectivity index (χ1v) is 7.22. The van der Waals surface area contributed by atoms with Gasteiger partial charge >= 0.3 is 0 Å². The second-order valence-corrected chi connectivity index (χ2v) is 7.31. The molecule has 0 N–H and O–H groups in total. The van der Waals surface area contributed by atoms with E-state index in [2.05, 4.69) is 72.8 Å². The zero-order chi connectivity index (χ0) is 13.4. The van der Waals surface area contributed by atoms with Gasteiger partial charge in [0.25, 0.3) is 0 Å². The van der Waals surface area contributed by atoms with Crippen molar-refractivity contribution < 1.29 is 4.74 Å². The summed E-state index contributed by atoms with van der Waals surface area (Å²) >= 11 is 3.53. The zero-order valence-electron chi connectivity index (χ0n) is 11.7. The number of hydrogen-bond acceptors (Lipinski definition) is 2. The Morgan fingerprint density at radius 1 is 1.17 bits per heavy atom. The van der Waals surface area contributed by atoms with Crippen molar-refractivity contribution in [3.63, 3.8) is 0 Å². The van der Waals surface area contributed by atoms with Crippen LogP contribution in [0.2, 0.25) is 0 Å². The molecule has 0 spiro atoms. The zero-order valence-corrected chi connectivity index (χ0v) is 13.3. The lowest BCUT2D eigenvalue weighted by Crippen LogP contribution is -2.56. The van der Waals surface area contributed by atoms with E-state index in [1.165, 1.54) is 5.56 Å². The molecule has 0 atom stereocenters. The standard InChI is InChI=1S/C15H22BrNO/c1-14(2)10-17(11-15(3,4)18-14)9-12-6-5-7-13(16)8-12/h5-8H,9-11H2,1-4H3. The highest BCUT2D eigenvalue weighted by Gasteiger charge is 2.37. The molecule has 2 nitrogen and oxygen atoms in total. The Morgan fingerprint density at radius 2 is 1.78 bits per heavy atom. The molecule has 1 heterocycles. The number of benzene rings is 1. The van der Waals surface area contributed by atoms with Gasteiger partial charge in [-0.25, -0.2) is 0 Å². The van der Waals surface area contributed by atoms with Gasteiger partial charge < -0.3 is 4.74 Å². The summed E-state index contributed by atoms with van der Waals surface area (Å²) in [5, 5.41) is 0. The highest BCUT2D eigenvalue weighted by molar-refractivity contribution is 9.10. The highest BCUT2D eigenvalue weighted by Crippen LogP contribution is 2.29. The molecule has 2 rings (SSSR count). The molecule has 0 bridgehead atoms. The molecule has 1 aromatic carbocycles. The predicted molar refractivity (Wildman–Crippen MR) is 78.7 cm³/mol. The van der Waals surface area contributed by atoms with Crippen LogP contribution in [-0.4, -0.2) is 29.2 Å². The van der Waals surface area contributed by atoms with E-state index in [9.17, 15) is 0 Å². The Bertz CT molecular complexity index is 412. The van der Waals surface area contributed by atoms with Gasteiger partial charge in [0.2, 0.25) is 0 Å². The maximum atomic E-state index is 6.10. The van der Waals surface area contributed by atoms with Crippen molar-refractivity contribution in [1.29, 1.82) is 0 Å². The fourth-order valence-corrected chi connectivity index (χ4v) is 3.40. The van der Waals surface area contributed by atoms with E-state index in [1.54, 1.807) is 0 Å². The molecule has 0 amide bonds. The fraction of sp³-hybridized carbons (Fsp3) is 0.600. The summed E-state index contributed by atoms with van der Waals surface area (Å²) in [4.78, 5) is 2.48. The van der Waals surface area contributed by atoms with E-state index in [4.69, 9.17) is 4.74 Å². The lowest BCUT2D eigenvalue weighted by atomic mass is 9.98. The van der Waals surface area contributed by atoms with E-state index in [0.29, 0.717) is 0 Å². The van der Waals surface area contributed by atoms with Crippen molar-refractivity contribution in [1.82, 2.24) is 4.90 Å². The van der Waals surface area contributed by atoms with Crippen LogP contribution >= 0.6 is 15.9 Å². The fourth-order valence-electron chi connectivity index (χ4n) is 2.95. The lowest BCUT2D eigenvalue weighted by molar-refractivity contribution is -0.182. The molecule has 1 aromatic rings. The Kier molecular flexibility index (Phi) is 3.86. The van der Waals surface area contributed by atoms with Crippen molar-refractivity contribution in [2.45, 2.75) is 45.4 Å². The molecule has 1 aliphatic rings. The molecule has 0 aliphatic carbocycles. The van der Waals surface area contributed by atoms with Crippen LogP contribution in [0.5, 0.6) is 0 Å². The largest absolute Gasteiger partial charge is 0.367 e. The van der Waals surface area contributed by atoms with Crippen molar-refractivity contribution in [3.05, 3.63) is 34.3 Å². The summed E-state index contributed by atoms with van der Waals surface area (Å²) in [7, 11) is 0. The van der Waals surface area contributed by atoms with E-state index in [1.807, 2.05) is 0 Å². The molecule has 0 unspecified atom stereocenters. The maximum Gasteiger partial charge on any atom is 0.0760 e. The Labute approximate surface area is 118 Å². The number of hydrogen-bond donors (Lipinski definition) is 0. The summed E-state index contributed by atoms with van der Waals surface area (Å²) in [6.07, 6.45) is 0. The van der Waals surface area contributed by atoms with Gasteiger partial charge in [-0.3, -0.25) is 4.90 Å². The van der Waals surface area contributed by atoms with Gasteiger partial charge in [0, 0.05) is 24.1 Å². The van der Waals surface area contributed by atoms with Crippen molar-refractivity contribution in [2.24, 2.45) is 0 Å². The predicted octanol–water partition coefficient (Wildman–Crippen LogP) is 3.84. The third kappa shape index (κ3) is 3.81. The first-order chi connectivity index (χ1) is 8.26. The van der Waals surface area contributed by atoms with E-state index < -0.39 is 0 Å². The van der Waals surface area contributed by atoms with Crippen molar-refractivity contribution in [2.75, 3.05) is 13.1 Å². The molecular weight excluding hydrogens is 290 g/mol. The van der Waals surface area contributed by atoms with Crippen LogP contribution in [0.1, 0.15) is 33.3 Å². The Balaban J connectivity index is 2.09. The first-order valence-electron chi connectivity index (χ1n) is 6.43. The van der Waals surface area contributed by atoms with E-state index in [0.717, 1.165) is 24.1 Å². The summed E-state index contributed by atoms with van der Waals surface area (Å²) in [5.74, 6) is 0. The van der Waals surface area contributed by atoms with Crippen LogP contribution in [0.4, 0.5) is 0 Å². The monoisotopic (exact) mass is 311 g/mol. The van der Waals surface area contributed by atoms with Gasteiger partial charge in [0.15, 0.2) is 0 Å². The molecule has 100 valence electrons. The Morgan fingerprint density at radius 3 is 2.33 bits per heavy atom. The topological polar surface area (TPSA) is 12.5 Å². The Hall–Kier alpha value is -0.380. The van der Waals surface area contributed by atoms with Crippen molar-refractivity contribution >= 4 is 15.9 Å². The molecule has 0 aromatic heterocycles. The van der Waals surface area contributed by atoms with Gasteiger partial charge in [0.1, 0.15) is 0 Å². The van der Waals surface area contributed by atoms with E-state index >= 15 is 0 Å². The van der Waals surface area contributed by atoms with Gasteiger partial charge in [-0.2, -0.15) is 0 Å². The maximum absolute atomic E-state index is 6.10.